The smallest absolute Gasteiger partial charge is 0.338 e. The monoisotopic (exact) mass is 412 g/mol. The van der Waals surface area contributed by atoms with Crippen molar-refractivity contribution in [3.63, 3.8) is 0 Å². The average Bonchev–Trinajstić information content (AvgIpc) is 3.34. The zero-order valence-corrected chi connectivity index (χ0v) is 17.3. The van der Waals surface area contributed by atoms with Gasteiger partial charge in [-0.2, -0.15) is 0 Å². The van der Waals surface area contributed by atoms with Crippen molar-refractivity contribution in [2.75, 3.05) is 0 Å². The molecule has 0 aliphatic carbocycles. The van der Waals surface area contributed by atoms with Crippen LogP contribution in [0.15, 0.2) is 64.1 Å². The lowest BCUT2D eigenvalue weighted by Crippen LogP contribution is -2.40. The van der Waals surface area contributed by atoms with Gasteiger partial charge in [0.2, 0.25) is 5.91 Å². The number of benzene rings is 1. The van der Waals surface area contributed by atoms with Gasteiger partial charge in [0.1, 0.15) is 12.6 Å². The maximum atomic E-state index is 13.0. The second-order valence-corrected chi connectivity index (χ2v) is 8.75. The molecule has 1 aromatic carbocycles. The van der Waals surface area contributed by atoms with E-state index in [0.717, 1.165) is 16.9 Å². The second kappa shape index (κ2) is 7.93. The van der Waals surface area contributed by atoms with Crippen molar-refractivity contribution in [1.29, 1.82) is 0 Å². The van der Waals surface area contributed by atoms with Gasteiger partial charge in [-0.15, -0.1) is 11.3 Å². The predicted molar refractivity (Wildman–Crippen MR) is 112 cm³/mol. The van der Waals surface area contributed by atoms with Gasteiger partial charge in [-0.3, -0.25) is 9.69 Å². The Balaban J connectivity index is 1.67. The molecule has 0 saturated carbocycles. The van der Waals surface area contributed by atoms with E-state index in [4.69, 9.17) is 4.74 Å². The molecule has 144 valence electrons. The number of ether oxygens (including phenoxy) is 1. The first-order valence-corrected chi connectivity index (χ1v) is 10.9. The fourth-order valence-electron chi connectivity index (χ4n) is 3.37. The molecule has 0 N–H and O–H groups in total. The number of rotatable bonds is 5. The molecule has 2 aliphatic rings. The minimum Gasteiger partial charge on any atom is -0.457 e. The molecule has 3 heterocycles. The first-order valence-electron chi connectivity index (χ1n) is 9.13. The summed E-state index contributed by atoms with van der Waals surface area (Å²) < 4.78 is 5.60. The van der Waals surface area contributed by atoms with Gasteiger partial charge in [0.15, 0.2) is 5.17 Å². The Kier molecular flexibility index (Phi) is 5.37. The first-order chi connectivity index (χ1) is 13.6. The summed E-state index contributed by atoms with van der Waals surface area (Å²) in [5, 5.41) is 2.47. The highest BCUT2D eigenvalue weighted by Crippen LogP contribution is 2.45. The molecule has 7 heteroatoms. The Labute approximate surface area is 172 Å². The number of esters is 1. The molecule has 1 aromatic heterocycles. The molecular weight excluding hydrogens is 392 g/mol. The quantitative estimate of drug-likeness (QED) is 0.677. The summed E-state index contributed by atoms with van der Waals surface area (Å²) in [5.74, 6) is -0.425. The fourth-order valence-corrected chi connectivity index (χ4v) is 5.32. The number of hydrogen-bond donors (Lipinski definition) is 0. The molecule has 28 heavy (non-hydrogen) atoms. The lowest BCUT2D eigenvalue weighted by Gasteiger charge is -2.32. The van der Waals surface area contributed by atoms with E-state index in [1.54, 1.807) is 4.90 Å². The van der Waals surface area contributed by atoms with E-state index < -0.39 is 12.0 Å². The van der Waals surface area contributed by atoms with Gasteiger partial charge >= 0.3 is 5.97 Å². The largest absolute Gasteiger partial charge is 0.457 e. The van der Waals surface area contributed by atoms with Crippen LogP contribution < -0.4 is 0 Å². The predicted octanol–water partition coefficient (Wildman–Crippen LogP) is 4.53. The topological polar surface area (TPSA) is 59.0 Å². The zero-order valence-electron chi connectivity index (χ0n) is 15.6. The van der Waals surface area contributed by atoms with Gasteiger partial charge in [0, 0.05) is 4.88 Å². The molecule has 1 saturated heterocycles. The number of allylic oxidation sites excluding steroid dienone is 1. The molecule has 2 aromatic rings. The first kappa shape index (κ1) is 19.0. The molecule has 1 fully saturated rings. The van der Waals surface area contributed by atoms with E-state index in [9.17, 15) is 9.59 Å². The highest BCUT2D eigenvalue weighted by atomic mass is 32.2. The molecule has 0 unspecified atom stereocenters. The van der Waals surface area contributed by atoms with Crippen molar-refractivity contribution in [3.05, 3.63) is 69.6 Å². The van der Waals surface area contributed by atoms with E-state index in [0.29, 0.717) is 16.4 Å². The van der Waals surface area contributed by atoms with E-state index >= 15 is 0 Å². The Hall–Kier alpha value is -2.38. The number of thioether (sulfide) groups is 1. The van der Waals surface area contributed by atoms with Crippen molar-refractivity contribution < 1.29 is 14.3 Å². The van der Waals surface area contributed by atoms with Gasteiger partial charge in [-0.05, 0) is 30.4 Å². The summed E-state index contributed by atoms with van der Waals surface area (Å²) >= 11 is 3.00. The number of nitrogens with zero attached hydrogens (tertiary/aromatic N) is 2. The van der Waals surface area contributed by atoms with Crippen LogP contribution in [-0.2, 0) is 20.9 Å². The molecule has 0 bridgehead atoms. The number of carbonyl (C=O) groups excluding carboxylic acids is 2. The lowest BCUT2D eigenvalue weighted by atomic mass is 10.00. The molecule has 0 radical (unpaired) electrons. The molecule has 0 spiro atoms. The van der Waals surface area contributed by atoms with Crippen molar-refractivity contribution in [2.24, 2.45) is 4.99 Å². The number of fused-ring (bicyclic) bond motifs is 1. The number of amides is 1. The Morgan fingerprint density at radius 1 is 1.21 bits per heavy atom. The van der Waals surface area contributed by atoms with Gasteiger partial charge in [-0.1, -0.05) is 55.1 Å². The van der Waals surface area contributed by atoms with Crippen LogP contribution in [0, 0.1) is 0 Å². The number of carbonyl (C=O) groups is 2. The highest BCUT2D eigenvalue weighted by molar-refractivity contribution is 8.15. The van der Waals surface area contributed by atoms with E-state index in [1.165, 1.54) is 23.1 Å². The molecule has 2 atom stereocenters. The zero-order chi connectivity index (χ0) is 19.7. The third kappa shape index (κ3) is 3.40. The van der Waals surface area contributed by atoms with E-state index in [2.05, 4.69) is 4.99 Å². The molecule has 5 nitrogen and oxygen atoms in total. The van der Waals surface area contributed by atoms with Crippen LogP contribution >= 0.6 is 23.1 Å². The summed E-state index contributed by atoms with van der Waals surface area (Å²) in [6.45, 7) is 3.99. The van der Waals surface area contributed by atoms with Crippen molar-refractivity contribution in [2.45, 2.75) is 38.2 Å². The SMILES string of the molecule is CC[C@@H]1SC2=NC(C)=C(C(=O)OCc3ccccc3)[C@H](c3cccs3)N2C1=O. The number of hydrogen-bond acceptors (Lipinski definition) is 6. The van der Waals surface area contributed by atoms with E-state index in [-0.39, 0.29) is 17.8 Å². The molecule has 4 rings (SSSR count). The van der Waals surface area contributed by atoms with Crippen LogP contribution in [0.25, 0.3) is 0 Å². The maximum Gasteiger partial charge on any atom is 0.338 e. The number of amidine groups is 1. The minimum absolute atomic E-state index is 0.00510. The number of aliphatic imine (C=N–C) groups is 1. The number of thiophene rings is 1. The summed E-state index contributed by atoms with van der Waals surface area (Å²) in [4.78, 5) is 33.2. The molecular formula is C21H20N2O3S2. The highest BCUT2D eigenvalue weighted by Gasteiger charge is 2.47. The summed E-state index contributed by atoms with van der Waals surface area (Å²) in [5.41, 5.74) is 1.97. The Morgan fingerprint density at radius 2 is 2.00 bits per heavy atom. The summed E-state index contributed by atoms with van der Waals surface area (Å²) in [6.07, 6.45) is 0.725. The van der Waals surface area contributed by atoms with Gasteiger partial charge in [0.05, 0.1) is 16.5 Å². The fraction of sp³-hybridized carbons (Fsp3) is 0.286. The summed E-state index contributed by atoms with van der Waals surface area (Å²) in [7, 11) is 0. The standard InChI is InChI=1S/C21H20N2O3S2/c1-3-15-19(24)23-18(16-10-7-11-27-16)17(13(2)22-21(23)28-15)20(25)26-12-14-8-5-4-6-9-14/h4-11,15,18H,3,12H2,1-2H3/t15-,18-/m0/s1. The van der Waals surface area contributed by atoms with Gasteiger partial charge in [-0.25, -0.2) is 9.79 Å². The van der Waals surface area contributed by atoms with Crippen LogP contribution in [0.5, 0.6) is 0 Å². The van der Waals surface area contributed by atoms with Crippen LogP contribution in [0.4, 0.5) is 0 Å². The molecule has 2 aliphatic heterocycles. The maximum absolute atomic E-state index is 13.0. The van der Waals surface area contributed by atoms with Crippen molar-refractivity contribution in [1.82, 2.24) is 4.90 Å². The van der Waals surface area contributed by atoms with Crippen LogP contribution in [-0.4, -0.2) is 27.2 Å². The third-order valence-corrected chi connectivity index (χ3v) is 7.01. The van der Waals surface area contributed by atoms with Crippen LogP contribution in [0.3, 0.4) is 0 Å². The minimum atomic E-state index is -0.479. The normalized spacial score (nSPS) is 21.6. The Morgan fingerprint density at radius 3 is 2.68 bits per heavy atom. The lowest BCUT2D eigenvalue weighted by molar-refractivity contribution is -0.141. The van der Waals surface area contributed by atoms with Crippen molar-refractivity contribution >= 4 is 40.1 Å². The van der Waals surface area contributed by atoms with Crippen LogP contribution in [0.2, 0.25) is 0 Å². The molecule has 1 amide bonds. The van der Waals surface area contributed by atoms with Crippen LogP contribution in [0.1, 0.15) is 36.8 Å². The van der Waals surface area contributed by atoms with E-state index in [1.807, 2.05) is 61.7 Å². The second-order valence-electron chi connectivity index (χ2n) is 6.60. The average molecular weight is 413 g/mol. The summed E-state index contributed by atoms with van der Waals surface area (Å²) in [6, 6.07) is 13.0. The van der Waals surface area contributed by atoms with Gasteiger partial charge in [0.25, 0.3) is 0 Å². The van der Waals surface area contributed by atoms with Crippen molar-refractivity contribution in [3.8, 4) is 0 Å². The Bertz CT molecular complexity index is 951. The van der Waals surface area contributed by atoms with Gasteiger partial charge < -0.3 is 4.74 Å². The third-order valence-electron chi connectivity index (χ3n) is 4.77.